The SMILES string of the molecule is C=CCS(=O)C/C=C\SSC/C=C/C. The molecule has 80 valence electrons. The van der Waals surface area contributed by atoms with Gasteiger partial charge in [0, 0.05) is 28.1 Å². The summed E-state index contributed by atoms with van der Waals surface area (Å²) in [6, 6.07) is 0. The minimum absolute atomic E-state index is 0.584. The van der Waals surface area contributed by atoms with Crippen molar-refractivity contribution in [3.8, 4) is 0 Å². The standard InChI is InChI=1S/C10H16OS3/c1-3-5-7-12-13-8-6-10-14(11)9-4-2/h3-6,8H,2,7,9-10H2,1H3/b5-3+,8-6-. The molecular weight excluding hydrogens is 232 g/mol. The fraction of sp³-hybridized carbons (Fsp3) is 0.400. The number of allylic oxidation sites excluding steroid dienone is 1. The van der Waals surface area contributed by atoms with Crippen LogP contribution < -0.4 is 0 Å². The first-order valence-corrected chi connectivity index (χ1v) is 8.18. The first-order valence-electron chi connectivity index (χ1n) is 4.31. The summed E-state index contributed by atoms with van der Waals surface area (Å²) < 4.78 is 11.1. The van der Waals surface area contributed by atoms with Crippen LogP contribution in [0.3, 0.4) is 0 Å². The Kier molecular flexibility index (Phi) is 11.2. The van der Waals surface area contributed by atoms with Gasteiger partial charge in [0.15, 0.2) is 0 Å². The summed E-state index contributed by atoms with van der Waals surface area (Å²) in [7, 11) is 2.67. The molecule has 0 bridgehead atoms. The summed E-state index contributed by atoms with van der Waals surface area (Å²) in [5, 5.41) is 2.00. The van der Waals surface area contributed by atoms with Gasteiger partial charge in [0.05, 0.1) is 0 Å². The van der Waals surface area contributed by atoms with Gasteiger partial charge in [-0.15, -0.1) is 6.58 Å². The molecule has 0 spiro atoms. The van der Waals surface area contributed by atoms with Crippen LogP contribution in [0.15, 0.2) is 36.3 Å². The van der Waals surface area contributed by atoms with Crippen LogP contribution in [-0.4, -0.2) is 21.5 Å². The van der Waals surface area contributed by atoms with Gasteiger partial charge in [-0.25, -0.2) is 0 Å². The Labute approximate surface area is 97.0 Å². The Bertz CT molecular complexity index is 221. The third-order valence-electron chi connectivity index (χ3n) is 1.21. The van der Waals surface area contributed by atoms with Crippen molar-refractivity contribution in [3.05, 3.63) is 36.3 Å². The van der Waals surface area contributed by atoms with Crippen LogP contribution >= 0.6 is 21.6 Å². The van der Waals surface area contributed by atoms with E-state index in [9.17, 15) is 4.21 Å². The smallest absolute Gasteiger partial charge is 0.0426 e. The van der Waals surface area contributed by atoms with Crippen LogP contribution in [0.25, 0.3) is 0 Å². The van der Waals surface area contributed by atoms with Gasteiger partial charge in [-0.2, -0.15) is 0 Å². The molecule has 0 N–H and O–H groups in total. The molecule has 0 aliphatic heterocycles. The molecular formula is C10H16OS3. The highest BCUT2D eigenvalue weighted by Gasteiger charge is 1.90. The van der Waals surface area contributed by atoms with Gasteiger partial charge in [0.25, 0.3) is 0 Å². The summed E-state index contributed by atoms with van der Waals surface area (Å²) >= 11 is 0. The molecule has 14 heavy (non-hydrogen) atoms. The molecule has 1 unspecified atom stereocenters. The maximum absolute atomic E-state index is 11.1. The van der Waals surface area contributed by atoms with Gasteiger partial charge in [-0.05, 0) is 12.3 Å². The number of rotatable bonds is 8. The van der Waals surface area contributed by atoms with Crippen molar-refractivity contribution in [2.24, 2.45) is 0 Å². The lowest BCUT2D eigenvalue weighted by atomic mass is 10.6. The highest BCUT2D eigenvalue weighted by Crippen LogP contribution is 2.21. The lowest BCUT2D eigenvalue weighted by molar-refractivity contribution is 0.687. The van der Waals surface area contributed by atoms with Gasteiger partial charge < -0.3 is 0 Å². The highest BCUT2D eigenvalue weighted by atomic mass is 33.1. The summed E-state index contributed by atoms with van der Waals surface area (Å²) in [4.78, 5) is 0. The molecule has 0 rings (SSSR count). The second kappa shape index (κ2) is 11.1. The monoisotopic (exact) mass is 248 g/mol. The Morgan fingerprint density at radius 2 is 2.14 bits per heavy atom. The second-order valence-corrected chi connectivity index (χ2v) is 6.25. The van der Waals surface area contributed by atoms with Gasteiger partial charge in [-0.3, -0.25) is 4.21 Å². The Balaban J connectivity index is 3.35. The predicted octanol–water partition coefficient (Wildman–Crippen LogP) is 3.39. The van der Waals surface area contributed by atoms with E-state index >= 15 is 0 Å². The maximum Gasteiger partial charge on any atom is 0.0426 e. The van der Waals surface area contributed by atoms with Crippen molar-refractivity contribution in [1.82, 2.24) is 0 Å². The fourth-order valence-electron chi connectivity index (χ4n) is 0.599. The first-order chi connectivity index (χ1) is 6.81. The van der Waals surface area contributed by atoms with E-state index < -0.39 is 10.8 Å². The Morgan fingerprint density at radius 3 is 2.79 bits per heavy atom. The normalized spacial score (nSPS) is 13.8. The molecule has 0 aromatic rings. The molecule has 0 aliphatic rings. The molecule has 0 aliphatic carbocycles. The van der Waals surface area contributed by atoms with E-state index in [-0.39, 0.29) is 0 Å². The number of hydrogen-bond acceptors (Lipinski definition) is 3. The molecule has 1 nitrogen and oxygen atoms in total. The van der Waals surface area contributed by atoms with Crippen LogP contribution in [0.1, 0.15) is 6.92 Å². The summed E-state index contributed by atoms with van der Waals surface area (Å²) in [5.41, 5.74) is 0. The average Bonchev–Trinajstić information content (AvgIpc) is 2.17. The van der Waals surface area contributed by atoms with Crippen molar-refractivity contribution in [3.63, 3.8) is 0 Å². The van der Waals surface area contributed by atoms with Gasteiger partial charge >= 0.3 is 0 Å². The van der Waals surface area contributed by atoms with E-state index in [1.54, 1.807) is 27.7 Å². The summed E-state index contributed by atoms with van der Waals surface area (Å²) in [6.45, 7) is 5.56. The minimum Gasteiger partial charge on any atom is -0.259 e. The molecule has 1 atom stereocenters. The van der Waals surface area contributed by atoms with Crippen molar-refractivity contribution in [2.75, 3.05) is 17.3 Å². The van der Waals surface area contributed by atoms with Crippen LogP contribution in [0.4, 0.5) is 0 Å². The van der Waals surface area contributed by atoms with Gasteiger partial charge in [0.2, 0.25) is 0 Å². The predicted molar refractivity (Wildman–Crippen MR) is 72.1 cm³/mol. The molecule has 0 saturated carbocycles. The number of hydrogen-bond donors (Lipinski definition) is 0. The molecule has 0 amide bonds. The van der Waals surface area contributed by atoms with Crippen LogP contribution in [-0.2, 0) is 10.8 Å². The average molecular weight is 248 g/mol. The summed E-state index contributed by atoms with van der Waals surface area (Å²) in [5.74, 6) is 2.23. The zero-order valence-corrected chi connectivity index (χ0v) is 10.8. The quantitative estimate of drug-likeness (QED) is 0.372. The van der Waals surface area contributed by atoms with Crippen LogP contribution in [0, 0.1) is 0 Å². The Morgan fingerprint density at radius 1 is 1.36 bits per heavy atom. The molecule has 0 radical (unpaired) electrons. The summed E-state index contributed by atoms with van der Waals surface area (Å²) in [6.07, 6.45) is 7.79. The largest absolute Gasteiger partial charge is 0.259 e. The van der Waals surface area contributed by atoms with E-state index in [4.69, 9.17) is 0 Å². The lowest BCUT2D eigenvalue weighted by Gasteiger charge is -1.92. The zero-order chi connectivity index (χ0) is 10.6. The molecule has 0 aromatic carbocycles. The minimum atomic E-state index is -0.770. The zero-order valence-electron chi connectivity index (χ0n) is 8.35. The second-order valence-electron chi connectivity index (χ2n) is 2.38. The molecule has 0 aromatic heterocycles. The van der Waals surface area contributed by atoms with E-state index in [1.807, 2.05) is 24.5 Å². The molecule has 0 saturated heterocycles. The fourth-order valence-corrected chi connectivity index (χ4v) is 2.98. The van der Waals surface area contributed by atoms with Gasteiger partial charge in [-0.1, -0.05) is 45.9 Å². The van der Waals surface area contributed by atoms with E-state index in [2.05, 4.69) is 12.7 Å². The van der Waals surface area contributed by atoms with Crippen molar-refractivity contribution < 1.29 is 4.21 Å². The lowest BCUT2D eigenvalue weighted by Crippen LogP contribution is -1.96. The third-order valence-corrected chi connectivity index (χ3v) is 4.30. The van der Waals surface area contributed by atoms with Crippen molar-refractivity contribution in [2.45, 2.75) is 6.92 Å². The topological polar surface area (TPSA) is 17.1 Å². The molecule has 0 fully saturated rings. The van der Waals surface area contributed by atoms with Crippen LogP contribution in [0.2, 0.25) is 0 Å². The van der Waals surface area contributed by atoms with Crippen molar-refractivity contribution >= 4 is 32.4 Å². The Hall–Kier alpha value is 0.0700. The van der Waals surface area contributed by atoms with E-state index in [1.165, 1.54) is 0 Å². The molecule has 4 heteroatoms. The van der Waals surface area contributed by atoms with E-state index in [0.717, 1.165) is 5.75 Å². The van der Waals surface area contributed by atoms with E-state index in [0.29, 0.717) is 11.5 Å². The van der Waals surface area contributed by atoms with Crippen LogP contribution in [0.5, 0.6) is 0 Å². The first kappa shape index (κ1) is 14.1. The van der Waals surface area contributed by atoms with Crippen molar-refractivity contribution in [1.29, 1.82) is 0 Å². The highest BCUT2D eigenvalue weighted by molar-refractivity contribution is 8.77. The third kappa shape index (κ3) is 10.2. The maximum atomic E-state index is 11.1. The molecule has 0 heterocycles. The van der Waals surface area contributed by atoms with Gasteiger partial charge in [0.1, 0.15) is 0 Å².